The van der Waals surface area contributed by atoms with E-state index >= 15 is 0 Å². The van der Waals surface area contributed by atoms with E-state index in [2.05, 4.69) is 21.8 Å². The number of aryl methyl sites for hydroxylation is 1. The van der Waals surface area contributed by atoms with Crippen LogP contribution in [0.3, 0.4) is 0 Å². The Balaban J connectivity index is 2.02. The van der Waals surface area contributed by atoms with Gasteiger partial charge in [-0.2, -0.15) is 0 Å². The number of phenolic OH excluding ortho intramolecular Hbond substituents is 1. The molecule has 102 valence electrons. The van der Waals surface area contributed by atoms with Crippen LogP contribution in [0.2, 0.25) is 0 Å². The topological polar surface area (TPSA) is 59.3 Å². The van der Waals surface area contributed by atoms with E-state index in [-0.39, 0.29) is 5.75 Å². The second kappa shape index (κ2) is 6.13. The minimum atomic E-state index is 0.134. The minimum Gasteiger partial charge on any atom is -0.504 e. The lowest BCUT2D eigenvalue weighted by Gasteiger charge is -2.10. The molecule has 0 saturated carbocycles. The molecule has 0 fully saturated rings. The highest BCUT2D eigenvalue weighted by Crippen LogP contribution is 2.28. The molecule has 0 unspecified atom stereocenters. The molecule has 0 atom stereocenters. The van der Waals surface area contributed by atoms with Crippen molar-refractivity contribution in [3.8, 4) is 11.5 Å². The number of imidazole rings is 1. The lowest BCUT2D eigenvalue weighted by atomic mass is 10.2. The molecule has 0 radical (unpaired) electrons. The van der Waals surface area contributed by atoms with Gasteiger partial charge in [0.25, 0.3) is 0 Å². The van der Waals surface area contributed by atoms with Gasteiger partial charge in [0.05, 0.1) is 25.7 Å². The Labute approximate surface area is 112 Å². The fraction of sp³-hybridized carbons (Fsp3) is 0.357. The first-order valence-electron chi connectivity index (χ1n) is 6.34. The number of nitrogens with one attached hydrogen (secondary N) is 1. The predicted octanol–water partition coefficient (Wildman–Crippen LogP) is 2.62. The van der Waals surface area contributed by atoms with E-state index in [0.717, 1.165) is 24.3 Å². The molecule has 19 heavy (non-hydrogen) atoms. The van der Waals surface area contributed by atoms with Gasteiger partial charge >= 0.3 is 0 Å². The summed E-state index contributed by atoms with van der Waals surface area (Å²) < 4.78 is 7.13. The quantitative estimate of drug-likeness (QED) is 0.839. The van der Waals surface area contributed by atoms with Gasteiger partial charge in [-0.15, -0.1) is 0 Å². The molecule has 0 aliphatic heterocycles. The third-order valence-electron chi connectivity index (χ3n) is 2.92. The van der Waals surface area contributed by atoms with Crippen molar-refractivity contribution >= 4 is 5.69 Å². The van der Waals surface area contributed by atoms with Crippen LogP contribution in [0.25, 0.3) is 0 Å². The number of benzene rings is 1. The van der Waals surface area contributed by atoms with Crippen molar-refractivity contribution in [2.45, 2.75) is 26.4 Å². The molecule has 5 nitrogen and oxygen atoms in total. The molecule has 0 amide bonds. The number of ether oxygens (including phenoxy) is 1. The Bertz CT molecular complexity index is 537. The van der Waals surface area contributed by atoms with Gasteiger partial charge in [0.2, 0.25) is 0 Å². The van der Waals surface area contributed by atoms with Crippen LogP contribution in [-0.2, 0) is 13.1 Å². The highest BCUT2D eigenvalue weighted by atomic mass is 16.5. The van der Waals surface area contributed by atoms with Gasteiger partial charge in [-0.3, -0.25) is 0 Å². The summed E-state index contributed by atoms with van der Waals surface area (Å²) in [6.07, 6.45) is 4.77. The molecular formula is C14H19N3O2. The monoisotopic (exact) mass is 261 g/mol. The van der Waals surface area contributed by atoms with Gasteiger partial charge in [-0.05, 0) is 18.6 Å². The highest BCUT2D eigenvalue weighted by Gasteiger charge is 2.04. The lowest BCUT2D eigenvalue weighted by molar-refractivity contribution is 0.373. The van der Waals surface area contributed by atoms with E-state index in [1.165, 1.54) is 7.11 Å². The van der Waals surface area contributed by atoms with Crippen molar-refractivity contribution in [2.24, 2.45) is 0 Å². The van der Waals surface area contributed by atoms with Crippen molar-refractivity contribution in [3.63, 3.8) is 0 Å². The first-order valence-corrected chi connectivity index (χ1v) is 6.34. The maximum absolute atomic E-state index is 9.70. The van der Waals surface area contributed by atoms with Gasteiger partial charge < -0.3 is 19.7 Å². The SMILES string of the molecule is CCCn1cncc1CNc1ccc(OC)c(O)c1. The number of phenols is 1. The summed E-state index contributed by atoms with van der Waals surface area (Å²) in [5, 5.41) is 13.0. The number of hydrogen-bond donors (Lipinski definition) is 2. The number of anilines is 1. The minimum absolute atomic E-state index is 0.134. The normalized spacial score (nSPS) is 10.4. The maximum Gasteiger partial charge on any atom is 0.160 e. The zero-order valence-electron chi connectivity index (χ0n) is 11.3. The summed E-state index contributed by atoms with van der Waals surface area (Å²) >= 11 is 0. The molecule has 0 aliphatic carbocycles. The van der Waals surface area contributed by atoms with E-state index in [0.29, 0.717) is 12.3 Å². The van der Waals surface area contributed by atoms with Crippen molar-refractivity contribution in [1.82, 2.24) is 9.55 Å². The number of methoxy groups -OCH3 is 1. The smallest absolute Gasteiger partial charge is 0.160 e. The molecule has 2 N–H and O–H groups in total. The van der Waals surface area contributed by atoms with Crippen LogP contribution in [-0.4, -0.2) is 21.8 Å². The predicted molar refractivity (Wildman–Crippen MR) is 74.5 cm³/mol. The number of aromatic nitrogens is 2. The van der Waals surface area contributed by atoms with Crippen LogP contribution < -0.4 is 10.1 Å². The van der Waals surface area contributed by atoms with Crippen LogP contribution >= 0.6 is 0 Å². The van der Waals surface area contributed by atoms with Crippen LogP contribution in [0.15, 0.2) is 30.7 Å². The zero-order valence-corrected chi connectivity index (χ0v) is 11.3. The van der Waals surface area contributed by atoms with Crippen LogP contribution in [0, 0.1) is 0 Å². The van der Waals surface area contributed by atoms with Crippen molar-refractivity contribution in [3.05, 3.63) is 36.4 Å². The largest absolute Gasteiger partial charge is 0.504 e. The summed E-state index contributed by atoms with van der Waals surface area (Å²) in [4.78, 5) is 4.15. The molecule has 2 rings (SSSR count). The summed E-state index contributed by atoms with van der Waals surface area (Å²) in [6, 6.07) is 5.26. The second-order valence-electron chi connectivity index (χ2n) is 4.32. The van der Waals surface area contributed by atoms with E-state index in [9.17, 15) is 5.11 Å². The van der Waals surface area contributed by atoms with Gasteiger partial charge in [-0.1, -0.05) is 6.92 Å². The Morgan fingerprint density at radius 2 is 2.26 bits per heavy atom. The number of aromatic hydroxyl groups is 1. The van der Waals surface area contributed by atoms with Crippen LogP contribution in [0.4, 0.5) is 5.69 Å². The Morgan fingerprint density at radius 3 is 2.95 bits per heavy atom. The average molecular weight is 261 g/mol. The zero-order chi connectivity index (χ0) is 13.7. The molecular weight excluding hydrogens is 242 g/mol. The molecule has 0 spiro atoms. The fourth-order valence-corrected chi connectivity index (χ4v) is 1.93. The van der Waals surface area contributed by atoms with Crippen molar-refractivity contribution in [2.75, 3.05) is 12.4 Å². The molecule has 0 aliphatic rings. The molecule has 1 aromatic heterocycles. The number of rotatable bonds is 6. The highest BCUT2D eigenvalue weighted by molar-refractivity contribution is 5.54. The van der Waals surface area contributed by atoms with Gasteiger partial charge in [0.1, 0.15) is 0 Å². The molecule has 1 aromatic carbocycles. The summed E-state index contributed by atoms with van der Waals surface area (Å²) in [7, 11) is 1.53. The van der Waals surface area contributed by atoms with E-state index in [1.807, 2.05) is 18.6 Å². The summed E-state index contributed by atoms with van der Waals surface area (Å²) in [6.45, 7) is 3.77. The fourth-order valence-electron chi connectivity index (χ4n) is 1.93. The van der Waals surface area contributed by atoms with E-state index < -0.39 is 0 Å². The van der Waals surface area contributed by atoms with Gasteiger partial charge in [0.15, 0.2) is 11.5 Å². The first-order chi connectivity index (χ1) is 9.24. The Morgan fingerprint density at radius 1 is 1.42 bits per heavy atom. The van der Waals surface area contributed by atoms with Crippen molar-refractivity contribution in [1.29, 1.82) is 0 Å². The Hall–Kier alpha value is -2.17. The van der Waals surface area contributed by atoms with Gasteiger partial charge in [-0.25, -0.2) is 4.98 Å². The molecule has 0 saturated heterocycles. The number of hydrogen-bond acceptors (Lipinski definition) is 4. The lowest BCUT2D eigenvalue weighted by Crippen LogP contribution is -2.06. The van der Waals surface area contributed by atoms with Crippen molar-refractivity contribution < 1.29 is 9.84 Å². The van der Waals surface area contributed by atoms with E-state index in [4.69, 9.17) is 4.74 Å². The van der Waals surface area contributed by atoms with Crippen LogP contribution in [0.5, 0.6) is 11.5 Å². The second-order valence-corrected chi connectivity index (χ2v) is 4.32. The first kappa shape index (κ1) is 13.3. The Kier molecular flexibility index (Phi) is 4.28. The molecule has 2 aromatic rings. The summed E-state index contributed by atoms with van der Waals surface area (Å²) in [5.41, 5.74) is 1.97. The van der Waals surface area contributed by atoms with Crippen LogP contribution in [0.1, 0.15) is 19.0 Å². The average Bonchev–Trinajstić information content (AvgIpc) is 2.84. The maximum atomic E-state index is 9.70. The third kappa shape index (κ3) is 3.19. The molecule has 0 bridgehead atoms. The number of nitrogens with zero attached hydrogens (tertiary/aromatic N) is 2. The van der Waals surface area contributed by atoms with E-state index in [1.54, 1.807) is 12.1 Å². The van der Waals surface area contributed by atoms with Gasteiger partial charge in [0, 0.05) is 24.5 Å². The summed E-state index contributed by atoms with van der Waals surface area (Å²) in [5.74, 6) is 0.608. The molecule has 5 heteroatoms. The molecule has 1 heterocycles. The standard InChI is InChI=1S/C14H19N3O2/c1-3-6-17-10-15-8-12(17)9-16-11-4-5-14(19-2)13(18)7-11/h4-5,7-8,10,16,18H,3,6,9H2,1-2H3. The third-order valence-corrected chi connectivity index (χ3v) is 2.92.